The van der Waals surface area contributed by atoms with Crippen LogP contribution >= 0.6 is 0 Å². The zero-order valence-corrected chi connectivity index (χ0v) is 19.7. The van der Waals surface area contributed by atoms with Crippen LogP contribution in [-0.2, 0) is 20.8 Å². The Hall–Kier alpha value is -3.88. The lowest BCUT2D eigenvalue weighted by molar-refractivity contribution is -0.126. The molecule has 0 fully saturated rings. The first-order chi connectivity index (χ1) is 16.3. The van der Waals surface area contributed by atoms with Crippen molar-refractivity contribution in [2.45, 2.75) is 45.6 Å². The van der Waals surface area contributed by atoms with Crippen molar-refractivity contribution in [1.29, 1.82) is 0 Å². The third kappa shape index (κ3) is 4.22. The number of benzene rings is 1. The summed E-state index contributed by atoms with van der Waals surface area (Å²) in [4.78, 5) is 50.3. The van der Waals surface area contributed by atoms with E-state index in [0.29, 0.717) is 17.5 Å². The zero-order chi connectivity index (χ0) is 25.8. The van der Waals surface area contributed by atoms with Crippen LogP contribution in [0, 0.1) is 17.8 Å². The highest BCUT2D eigenvalue weighted by Crippen LogP contribution is 2.49. The van der Waals surface area contributed by atoms with Gasteiger partial charge in [-0.05, 0) is 68.7 Å². The minimum absolute atomic E-state index is 0.0106. The van der Waals surface area contributed by atoms with Crippen LogP contribution in [0.2, 0.25) is 0 Å². The van der Waals surface area contributed by atoms with E-state index < -0.39 is 57.9 Å². The van der Waals surface area contributed by atoms with E-state index in [2.05, 4.69) is 5.32 Å². The topological polar surface area (TPSA) is 167 Å². The van der Waals surface area contributed by atoms with E-state index in [4.69, 9.17) is 5.73 Å². The second kappa shape index (κ2) is 8.41. The second-order valence-electron chi connectivity index (χ2n) is 10.4. The van der Waals surface area contributed by atoms with Crippen LogP contribution in [0.25, 0.3) is 6.08 Å². The van der Waals surface area contributed by atoms with E-state index >= 15 is 0 Å². The normalized spacial score (nSPS) is 24.3. The highest BCUT2D eigenvalue weighted by molar-refractivity contribution is 6.22. The van der Waals surface area contributed by atoms with Crippen LogP contribution in [0.15, 0.2) is 40.9 Å². The van der Waals surface area contributed by atoms with Crippen molar-refractivity contribution in [3.05, 3.63) is 57.6 Å². The van der Waals surface area contributed by atoms with E-state index in [9.17, 15) is 34.5 Å². The van der Waals surface area contributed by atoms with Crippen LogP contribution in [0.4, 0.5) is 0 Å². The molecule has 1 aromatic carbocycles. The zero-order valence-electron chi connectivity index (χ0n) is 19.7. The maximum Gasteiger partial charge on any atom is 0.255 e. The summed E-state index contributed by atoms with van der Waals surface area (Å²) in [7, 11) is 0. The smallest absolute Gasteiger partial charge is 0.255 e. The number of phenolic OH excluding ortho intramolecular Hbond substituents is 1. The molecule has 3 atom stereocenters. The van der Waals surface area contributed by atoms with E-state index in [-0.39, 0.29) is 35.6 Å². The van der Waals surface area contributed by atoms with Crippen LogP contribution in [0.1, 0.15) is 55.1 Å². The van der Waals surface area contributed by atoms with E-state index in [1.165, 1.54) is 12.1 Å². The Kier molecular flexibility index (Phi) is 5.82. The van der Waals surface area contributed by atoms with E-state index in [1.807, 2.05) is 20.8 Å². The average Bonchev–Trinajstić information content (AvgIpc) is 2.71. The second-order valence-corrected chi connectivity index (χ2v) is 10.4. The summed E-state index contributed by atoms with van der Waals surface area (Å²) in [5.41, 5.74) is 5.42. The monoisotopic (exact) mass is 480 g/mol. The fourth-order valence-corrected chi connectivity index (χ4v) is 5.40. The van der Waals surface area contributed by atoms with Crippen molar-refractivity contribution >= 4 is 29.5 Å². The first-order valence-electron chi connectivity index (χ1n) is 11.4. The van der Waals surface area contributed by atoms with Gasteiger partial charge in [-0.2, -0.15) is 0 Å². The number of carbonyl (C=O) groups excluding carboxylic acids is 4. The molecule has 0 saturated heterocycles. The number of aromatic hydroxyl groups is 1. The number of nitrogens with one attached hydrogen (secondary N) is 1. The standard InChI is InChI=1S/C26H28N2O7/c1-26(2,3)28-17(31)7-5-11-4-6-15(29)20-14(11)9-12-8-13-10-16(30)21(25(27)35)24(34)19(13)22(32)18(12)23(20)33/h4-7,12-13,19,29-30,32H,8-10H2,1-3H3,(H2,27,35)(H,28,31)/b7-5+. The molecular formula is C26H28N2O7. The number of phenols is 1. The summed E-state index contributed by atoms with van der Waals surface area (Å²) in [6.07, 6.45) is 3.49. The number of aliphatic hydroxyl groups is 2. The number of fused-ring (bicyclic) bond motifs is 3. The molecule has 0 saturated carbocycles. The molecule has 0 heterocycles. The number of rotatable bonds is 3. The van der Waals surface area contributed by atoms with Crippen LogP contribution < -0.4 is 11.1 Å². The molecule has 0 bridgehead atoms. The number of allylic oxidation sites excluding steroid dienone is 3. The van der Waals surface area contributed by atoms with Gasteiger partial charge in [0.1, 0.15) is 22.8 Å². The molecule has 6 N–H and O–H groups in total. The van der Waals surface area contributed by atoms with Gasteiger partial charge in [0.15, 0.2) is 11.6 Å². The van der Waals surface area contributed by atoms with Crippen LogP contribution in [-0.4, -0.2) is 44.2 Å². The molecule has 35 heavy (non-hydrogen) atoms. The van der Waals surface area contributed by atoms with Gasteiger partial charge in [0.25, 0.3) is 5.91 Å². The van der Waals surface area contributed by atoms with E-state index in [0.717, 1.165) is 0 Å². The minimum Gasteiger partial charge on any atom is -0.511 e. The summed E-state index contributed by atoms with van der Waals surface area (Å²) in [5.74, 6) is -6.07. The fraction of sp³-hybridized carbons (Fsp3) is 0.385. The summed E-state index contributed by atoms with van der Waals surface area (Å²) >= 11 is 0. The van der Waals surface area contributed by atoms with Crippen molar-refractivity contribution in [1.82, 2.24) is 5.32 Å². The van der Waals surface area contributed by atoms with Gasteiger partial charge in [-0.1, -0.05) is 6.07 Å². The number of nitrogens with two attached hydrogens (primary N) is 1. The van der Waals surface area contributed by atoms with Gasteiger partial charge in [-0.15, -0.1) is 0 Å². The highest BCUT2D eigenvalue weighted by atomic mass is 16.3. The molecule has 0 aromatic heterocycles. The lowest BCUT2D eigenvalue weighted by atomic mass is 9.62. The molecule has 9 nitrogen and oxygen atoms in total. The Labute approximate surface area is 202 Å². The number of Topliss-reactive ketones (excluding diaryl/α,β-unsaturated/α-hetero) is 2. The SMILES string of the molecule is CC(C)(C)NC(=O)/C=C/c1ccc(O)c2c1CC1CC3CC(O)=C(C(N)=O)C(=O)C3C(O)=C1C2=O. The molecule has 0 spiro atoms. The van der Waals surface area contributed by atoms with Crippen molar-refractivity contribution < 1.29 is 34.5 Å². The quantitative estimate of drug-likeness (QED) is 0.327. The molecule has 1 aromatic rings. The Morgan fingerprint density at radius 3 is 2.43 bits per heavy atom. The fourth-order valence-electron chi connectivity index (χ4n) is 5.40. The number of aliphatic hydroxyl groups excluding tert-OH is 2. The number of primary amides is 1. The van der Waals surface area contributed by atoms with Crippen LogP contribution in [0.5, 0.6) is 5.75 Å². The number of ketones is 2. The number of hydrogen-bond donors (Lipinski definition) is 5. The number of carbonyl (C=O) groups is 4. The van der Waals surface area contributed by atoms with E-state index in [1.54, 1.807) is 12.1 Å². The number of amides is 2. The number of hydrogen-bond acceptors (Lipinski definition) is 7. The van der Waals surface area contributed by atoms with Gasteiger partial charge < -0.3 is 26.4 Å². The Morgan fingerprint density at radius 2 is 1.80 bits per heavy atom. The lowest BCUT2D eigenvalue weighted by Gasteiger charge is -2.41. The highest BCUT2D eigenvalue weighted by Gasteiger charge is 2.50. The predicted octanol–water partition coefficient (Wildman–Crippen LogP) is 2.39. The summed E-state index contributed by atoms with van der Waals surface area (Å²) in [6, 6.07) is 2.96. The van der Waals surface area contributed by atoms with Gasteiger partial charge in [0, 0.05) is 23.6 Å². The molecule has 9 heteroatoms. The summed E-state index contributed by atoms with van der Waals surface area (Å²) < 4.78 is 0. The largest absolute Gasteiger partial charge is 0.511 e. The molecule has 2 amide bonds. The van der Waals surface area contributed by atoms with Gasteiger partial charge in [-0.25, -0.2) is 0 Å². The van der Waals surface area contributed by atoms with Gasteiger partial charge in [0.2, 0.25) is 5.91 Å². The predicted molar refractivity (Wildman–Crippen MR) is 126 cm³/mol. The van der Waals surface area contributed by atoms with Gasteiger partial charge in [0.05, 0.1) is 11.5 Å². The Balaban J connectivity index is 1.75. The Bertz CT molecular complexity index is 1260. The van der Waals surface area contributed by atoms with Gasteiger partial charge in [-0.3, -0.25) is 19.2 Å². The Morgan fingerprint density at radius 1 is 1.11 bits per heavy atom. The molecular weight excluding hydrogens is 452 g/mol. The summed E-state index contributed by atoms with van der Waals surface area (Å²) in [6.45, 7) is 5.56. The van der Waals surface area contributed by atoms with Crippen molar-refractivity contribution in [3.63, 3.8) is 0 Å². The molecule has 0 aliphatic heterocycles. The van der Waals surface area contributed by atoms with Crippen LogP contribution in [0.3, 0.4) is 0 Å². The molecule has 3 aliphatic carbocycles. The van der Waals surface area contributed by atoms with Crippen molar-refractivity contribution in [3.8, 4) is 5.75 Å². The maximum absolute atomic E-state index is 13.5. The molecule has 3 unspecified atom stereocenters. The lowest BCUT2D eigenvalue weighted by Crippen LogP contribution is -2.43. The molecule has 4 rings (SSSR count). The third-order valence-corrected chi connectivity index (χ3v) is 6.72. The molecule has 184 valence electrons. The van der Waals surface area contributed by atoms with Crippen molar-refractivity contribution in [2.75, 3.05) is 0 Å². The minimum atomic E-state index is -1.16. The third-order valence-electron chi connectivity index (χ3n) is 6.72. The molecule has 3 aliphatic rings. The summed E-state index contributed by atoms with van der Waals surface area (Å²) in [5, 5.41) is 34.6. The molecule has 0 radical (unpaired) electrons. The maximum atomic E-state index is 13.5. The van der Waals surface area contributed by atoms with Crippen molar-refractivity contribution in [2.24, 2.45) is 23.5 Å². The van der Waals surface area contributed by atoms with Gasteiger partial charge >= 0.3 is 0 Å². The first kappa shape index (κ1) is 24.3. The first-order valence-corrected chi connectivity index (χ1v) is 11.4. The average molecular weight is 481 g/mol.